The monoisotopic (exact) mass is 492 g/mol. The van der Waals surface area contributed by atoms with Crippen molar-refractivity contribution in [2.75, 3.05) is 21.3 Å². The summed E-state index contributed by atoms with van der Waals surface area (Å²) in [5.41, 5.74) is 1.76. The van der Waals surface area contributed by atoms with E-state index < -0.39 is 12.1 Å². The lowest BCUT2D eigenvalue weighted by molar-refractivity contribution is 0.0401. The largest absolute Gasteiger partial charge is 0.508 e. The lowest BCUT2D eigenvalue weighted by Gasteiger charge is -2.14. The third kappa shape index (κ3) is 6.73. The van der Waals surface area contributed by atoms with Gasteiger partial charge in [-0.25, -0.2) is 4.79 Å². The number of carbonyl (C=O) groups excluding carboxylic acids is 1. The second-order valence-electron chi connectivity index (χ2n) is 7.69. The Balaban J connectivity index is 1.84. The van der Waals surface area contributed by atoms with E-state index in [1.54, 1.807) is 36.4 Å². The van der Waals surface area contributed by atoms with Crippen molar-refractivity contribution in [2.24, 2.45) is 0 Å². The number of esters is 1. The Hall–Kier alpha value is -4.59. The van der Waals surface area contributed by atoms with E-state index in [0.717, 1.165) is 5.56 Å². The molecule has 0 amide bonds. The molecule has 0 heterocycles. The van der Waals surface area contributed by atoms with Crippen LogP contribution in [0.5, 0.6) is 34.5 Å². The van der Waals surface area contributed by atoms with Gasteiger partial charge in [-0.3, -0.25) is 0 Å². The number of phenols is 3. The predicted molar refractivity (Wildman–Crippen MR) is 136 cm³/mol. The van der Waals surface area contributed by atoms with E-state index in [2.05, 4.69) is 0 Å². The van der Waals surface area contributed by atoms with Crippen molar-refractivity contribution in [1.29, 1.82) is 0 Å². The third-order valence-electron chi connectivity index (χ3n) is 5.25. The molecule has 0 bridgehead atoms. The number of ether oxygens (including phenoxy) is 4. The van der Waals surface area contributed by atoms with Gasteiger partial charge in [0.1, 0.15) is 11.9 Å². The first-order valence-electron chi connectivity index (χ1n) is 11.0. The number of carbonyl (C=O) groups is 1. The summed E-state index contributed by atoms with van der Waals surface area (Å²) < 4.78 is 21.2. The molecule has 3 rings (SSSR count). The summed E-state index contributed by atoms with van der Waals surface area (Å²) in [5.74, 6) is 0.261. The first-order valence-corrected chi connectivity index (χ1v) is 11.0. The topological polar surface area (TPSA) is 115 Å². The highest BCUT2D eigenvalue weighted by Crippen LogP contribution is 2.37. The van der Waals surface area contributed by atoms with Gasteiger partial charge in [0, 0.05) is 6.42 Å². The molecule has 1 atom stereocenters. The van der Waals surface area contributed by atoms with Crippen molar-refractivity contribution >= 4 is 18.1 Å². The maximum Gasteiger partial charge on any atom is 0.338 e. The number of rotatable bonds is 10. The zero-order chi connectivity index (χ0) is 26.1. The lowest BCUT2D eigenvalue weighted by atomic mass is 10.1. The van der Waals surface area contributed by atoms with Crippen LogP contribution in [0.1, 0.15) is 27.9 Å². The van der Waals surface area contributed by atoms with Crippen LogP contribution in [-0.4, -0.2) is 48.7 Å². The minimum Gasteiger partial charge on any atom is -0.508 e. The third-order valence-corrected chi connectivity index (χ3v) is 5.25. The molecule has 188 valence electrons. The van der Waals surface area contributed by atoms with E-state index in [1.807, 2.05) is 12.2 Å². The van der Waals surface area contributed by atoms with Gasteiger partial charge in [0.15, 0.2) is 23.0 Å². The first kappa shape index (κ1) is 26.0. The Morgan fingerprint density at radius 3 is 2.03 bits per heavy atom. The lowest BCUT2D eigenvalue weighted by Crippen LogP contribution is -2.15. The smallest absolute Gasteiger partial charge is 0.338 e. The second kappa shape index (κ2) is 12.2. The Bertz CT molecular complexity index is 1220. The van der Waals surface area contributed by atoms with E-state index in [0.29, 0.717) is 23.3 Å². The highest BCUT2D eigenvalue weighted by molar-refractivity contribution is 5.89. The summed E-state index contributed by atoms with van der Waals surface area (Å²) in [7, 11) is 4.35. The van der Waals surface area contributed by atoms with Gasteiger partial charge in [0.25, 0.3) is 0 Å². The van der Waals surface area contributed by atoms with Crippen LogP contribution in [0.4, 0.5) is 0 Å². The van der Waals surface area contributed by atoms with Gasteiger partial charge in [-0.2, -0.15) is 0 Å². The van der Waals surface area contributed by atoms with Crippen LogP contribution < -0.4 is 14.2 Å². The number of methoxy groups -OCH3 is 3. The zero-order valence-corrected chi connectivity index (χ0v) is 20.2. The quantitative estimate of drug-likeness (QED) is 0.332. The van der Waals surface area contributed by atoms with Crippen LogP contribution in [0.15, 0.2) is 66.7 Å². The van der Waals surface area contributed by atoms with Crippen LogP contribution in [-0.2, 0) is 4.74 Å². The van der Waals surface area contributed by atoms with Crippen molar-refractivity contribution in [3.05, 3.63) is 83.4 Å². The molecular formula is C28H28O8. The molecule has 0 aliphatic heterocycles. The highest BCUT2D eigenvalue weighted by atomic mass is 16.5. The van der Waals surface area contributed by atoms with Gasteiger partial charge in [-0.05, 0) is 65.7 Å². The van der Waals surface area contributed by atoms with E-state index in [-0.39, 0.29) is 28.7 Å². The molecule has 0 aliphatic rings. The van der Waals surface area contributed by atoms with Crippen LogP contribution in [0.25, 0.3) is 12.2 Å². The SMILES string of the molecule is COc1cc(C=CCC(C=Cc2cc(OC)c(O)c(OC)c2)OC(=O)c2ccc(O)cc2)ccc1O. The summed E-state index contributed by atoms with van der Waals surface area (Å²) in [5, 5.41) is 29.4. The Kier molecular flexibility index (Phi) is 8.83. The molecule has 0 aliphatic carbocycles. The van der Waals surface area contributed by atoms with Crippen LogP contribution in [0, 0.1) is 0 Å². The second-order valence-corrected chi connectivity index (χ2v) is 7.69. The number of hydrogen-bond donors (Lipinski definition) is 3. The van der Waals surface area contributed by atoms with Crippen molar-refractivity contribution in [3.8, 4) is 34.5 Å². The molecule has 0 spiro atoms. The molecule has 3 N–H and O–H groups in total. The fraction of sp³-hybridized carbons (Fsp3) is 0.179. The minimum absolute atomic E-state index is 0.0399. The van der Waals surface area contributed by atoms with E-state index >= 15 is 0 Å². The molecule has 0 radical (unpaired) electrons. The fourth-order valence-electron chi connectivity index (χ4n) is 3.33. The van der Waals surface area contributed by atoms with Crippen LogP contribution >= 0.6 is 0 Å². The van der Waals surface area contributed by atoms with Gasteiger partial charge >= 0.3 is 5.97 Å². The molecule has 3 aromatic rings. The van der Waals surface area contributed by atoms with Gasteiger partial charge in [-0.15, -0.1) is 0 Å². The Labute approximate surface area is 209 Å². The Morgan fingerprint density at radius 1 is 0.806 bits per heavy atom. The summed E-state index contributed by atoms with van der Waals surface area (Å²) in [4.78, 5) is 12.7. The van der Waals surface area contributed by atoms with Crippen molar-refractivity contribution in [3.63, 3.8) is 0 Å². The average molecular weight is 493 g/mol. The summed E-state index contributed by atoms with van der Waals surface area (Å²) in [6.45, 7) is 0. The van der Waals surface area contributed by atoms with Gasteiger partial charge in [-0.1, -0.05) is 24.3 Å². The minimum atomic E-state index is -0.646. The predicted octanol–water partition coefficient (Wildman–Crippen LogP) is 5.17. The van der Waals surface area contributed by atoms with Crippen molar-refractivity contribution in [2.45, 2.75) is 12.5 Å². The average Bonchev–Trinajstić information content (AvgIpc) is 2.88. The number of benzene rings is 3. The first-order chi connectivity index (χ1) is 17.3. The highest BCUT2D eigenvalue weighted by Gasteiger charge is 2.14. The molecule has 0 saturated carbocycles. The van der Waals surface area contributed by atoms with E-state index in [4.69, 9.17) is 18.9 Å². The zero-order valence-electron chi connectivity index (χ0n) is 20.2. The molecule has 3 aromatic carbocycles. The maximum atomic E-state index is 12.7. The molecular weight excluding hydrogens is 464 g/mol. The van der Waals surface area contributed by atoms with Gasteiger partial charge in [0.2, 0.25) is 5.75 Å². The molecule has 8 nitrogen and oxygen atoms in total. The van der Waals surface area contributed by atoms with Gasteiger partial charge in [0.05, 0.1) is 26.9 Å². The summed E-state index contributed by atoms with van der Waals surface area (Å²) >= 11 is 0. The van der Waals surface area contributed by atoms with Crippen LogP contribution in [0.3, 0.4) is 0 Å². The van der Waals surface area contributed by atoms with Crippen molar-refractivity contribution in [1.82, 2.24) is 0 Å². The molecule has 0 fully saturated rings. The van der Waals surface area contributed by atoms with Crippen LogP contribution in [0.2, 0.25) is 0 Å². The molecule has 8 heteroatoms. The molecule has 0 saturated heterocycles. The van der Waals surface area contributed by atoms with Gasteiger partial charge < -0.3 is 34.3 Å². The maximum absolute atomic E-state index is 12.7. The van der Waals surface area contributed by atoms with E-state index in [9.17, 15) is 20.1 Å². The summed E-state index contributed by atoms with van der Waals surface area (Å²) in [6, 6.07) is 14.0. The van der Waals surface area contributed by atoms with E-state index in [1.165, 1.54) is 51.7 Å². The number of aromatic hydroxyl groups is 3. The standard InChI is InChI=1S/C28H28O8/c1-33-24-15-18(8-14-23(24)30)5-4-6-22(36-28(32)20-9-11-21(29)12-10-20)13-7-19-16-25(34-2)27(31)26(17-19)35-3/h4-5,7-17,22,29-31H,6H2,1-3H3. The van der Waals surface area contributed by atoms with Crippen molar-refractivity contribution < 1.29 is 39.1 Å². The molecule has 36 heavy (non-hydrogen) atoms. The normalized spacial score (nSPS) is 12.0. The molecule has 1 unspecified atom stereocenters. The number of phenolic OH excluding ortho intramolecular Hbond substituents is 3. The molecule has 0 aromatic heterocycles. The fourth-order valence-corrected chi connectivity index (χ4v) is 3.33. The number of hydrogen-bond acceptors (Lipinski definition) is 8. The Morgan fingerprint density at radius 2 is 1.42 bits per heavy atom. The summed E-state index contributed by atoms with van der Waals surface area (Å²) in [6.07, 6.45) is 6.80.